The van der Waals surface area contributed by atoms with Gasteiger partial charge in [-0.25, -0.2) is 0 Å². The highest BCUT2D eigenvalue weighted by atomic mass is 15.2. The van der Waals surface area contributed by atoms with Crippen molar-refractivity contribution in [1.82, 2.24) is 15.1 Å². The van der Waals surface area contributed by atoms with E-state index < -0.39 is 0 Å². The van der Waals surface area contributed by atoms with E-state index in [0.29, 0.717) is 0 Å². The van der Waals surface area contributed by atoms with E-state index in [2.05, 4.69) is 43.1 Å². The molecule has 1 aliphatic heterocycles. The molecule has 0 aromatic rings. The van der Waals surface area contributed by atoms with Gasteiger partial charge in [-0.3, -0.25) is 0 Å². The molecule has 0 saturated carbocycles. The van der Waals surface area contributed by atoms with Crippen molar-refractivity contribution in [3.05, 3.63) is 0 Å². The Bertz CT molecular complexity index is 204. The summed E-state index contributed by atoms with van der Waals surface area (Å²) in [7, 11) is 4.41. The summed E-state index contributed by atoms with van der Waals surface area (Å²) in [5.41, 5.74) is 0. The van der Waals surface area contributed by atoms with Crippen molar-refractivity contribution >= 4 is 0 Å². The molecule has 3 nitrogen and oxygen atoms in total. The third-order valence-corrected chi connectivity index (χ3v) is 3.95. The number of hydrogen-bond acceptors (Lipinski definition) is 3. The number of nitrogens with one attached hydrogen (secondary N) is 1. The van der Waals surface area contributed by atoms with E-state index in [1.807, 2.05) is 0 Å². The molecule has 0 bridgehead atoms. The Morgan fingerprint density at radius 2 is 2.06 bits per heavy atom. The second-order valence-corrected chi connectivity index (χ2v) is 6.35. The molecule has 0 amide bonds. The number of likely N-dealkylation sites (tertiary alicyclic amines) is 1. The quantitative estimate of drug-likeness (QED) is 0.670. The van der Waals surface area contributed by atoms with Crippen LogP contribution in [0, 0.1) is 5.92 Å². The first-order chi connectivity index (χ1) is 8.59. The molecule has 18 heavy (non-hydrogen) atoms. The minimum atomic E-state index is 0.764. The maximum absolute atomic E-state index is 3.58. The van der Waals surface area contributed by atoms with Crippen molar-refractivity contribution in [2.45, 2.75) is 45.6 Å². The summed E-state index contributed by atoms with van der Waals surface area (Å²) in [6.07, 6.45) is 5.39. The van der Waals surface area contributed by atoms with Crippen LogP contribution in [-0.4, -0.2) is 62.7 Å². The summed E-state index contributed by atoms with van der Waals surface area (Å²) in [6, 6.07) is 0.764. The maximum Gasteiger partial charge on any atom is 0.0217 e. The average molecular weight is 255 g/mol. The third kappa shape index (κ3) is 6.72. The highest BCUT2D eigenvalue weighted by Gasteiger charge is 2.20. The Kier molecular flexibility index (Phi) is 7.87. The van der Waals surface area contributed by atoms with Gasteiger partial charge < -0.3 is 15.1 Å². The predicted molar refractivity (Wildman–Crippen MR) is 80.1 cm³/mol. The molecule has 1 heterocycles. The van der Waals surface area contributed by atoms with Crippen LogP contribution in [0.1, 0.15) is 39.5 Å². The lowest BCUT2D eigenvalue weighted by Gasteiger charge is -2.36. The lowest BCUT2D eigenvalue weighted by atomic mass is 10.1. The van der Waals surface area contributed by atoms with E-state index in [0.717, 1.165) is 18.5 Å². The van der Waals surface area contributed by atoms with Crippen LogP contribution >= 0.6 is 0 Å². The molecule has 1 saturated heterocycles. The summed E-state index contributed by atoms with van der Waals surface area (Å²) < 4.78 is 0. The van der Waals surface area contributed by atoms with E-state index in [4.69, 9.17) is 0 Å². The summed E-state index contributed by atoms with van der Waals surface area (Å²) in [5.74, 6) is 0.842. The molecular weight excluding hydrogens is 222 g/mol. The third-order valence-electron chi connectivity index (χ3n) is 3.95. The van der Waals surface area contributed by atoms with E-state index in [9.17, 15) is 0 Å². The fourth-order valence-electron chi connectivity index (χ4n) is 2.65. The SMILES string of the molecule is CC(C)CCCNCCN1CCCC(N(C)C)C1. The van der Waals surface area contributed by atoms with Crippen molar-refractivity contribution in [3.8, 4) is 0 Å². The van der Waals surface area contributed by atoms with Crippen molar-refractivity contribution in [1.29, 1.82) is 0 Å². The minimum Gasteiger partial charge on any atom is -0.315 e. The minimum absolute atomic E-state index is 0.764. The summed E-state index contributed by atoms with van der Waals surface area (Å²) >= 11 is 0. The van der Waals surface area contributed by atoms with Gasteiger partial charge in [0.1, 0.15) is 0 Å². The molecule has 1 unspecified atom stereocenters. The van der Waals surface area contributed by atoms with Gasteiger partial charge in [-0.05, 0) is 58.8 Å². The van der Waals surface area contributed by atoms with Crippen LogP contribution in [0.3, 0.4) is 0 Å². The largest absolute Gasteiger partial charge is 0.315 e. The van der Waals surface area contributed by atoms with Gasteiger partial charge in [-0.1, -0.05) is 13.8 Å². The van der Waals surface area contributed by atoms with Crippen LogP contribution < -0.4 is 5.32 Å². The zero-order chi connectivity index (χ0) is 13.4. The number of likely N-dealkylation sites (N-methyl/N-ethyl adjacent to an activating group) is 1. The van der Waals surface area contributed by atoms with Gasteiger partial charge in [-0.15, -0.1) is 0 Å². The highest BCUT2D eigenvalue weighted by molar-refractivity contribution is 4.78. The lowest BCUT2D eigenvalue weighted by Crippen LogP contribution is -2.46. The molecule has 1 atom stereocenters. The smallest absolute Gasteiger partial charge is 0.0217 e. The van der Waals surface area contributed by atoms with E-state index in [-0.39, 0.29) is 0 Å². The van der Waals surface area contributed by atoms with E-state index in [1.54, 1.807) is 0 Å². The van der Waals surface area contributed by atoms with Crippen LogP contribution in [0.2, 0.25) is 0 Å². The fourth-order valence-corrected chi connectivity index (χ4v) is 2.65. The standard InChI is InChI=1S/C15H33N3/c1-14(2)7-5-9-16-10-12-18-11-6-8-15(13-18)17(3)4/h14-16H,5-13H2,1-4H3. The van der Waals surface area contributed by atoms with Gasteiger partial charge in [0.25, 0.3) is 0 Å². The Balaban J connectivity index is 2.01. The number of hydrogen-bond donors (Lipinski definition) is 1. The van der Waals surface area contributed by atoms with Gasteiger partial charge in [-0.2, -0.15) is 0 Å². The Labute approximate surface area is 114 Å². The molecule has 1 aliphatic rings. The molecule has 1 fully saturated rings. The monoisotopic (exact) mass is 255 g/mol. The van der Waals surface area contributed by atoms with E-state index >= 15 is 0 Å². The second kappa shape index (κ2) is 8.89. The lowest BCUT2D eigenvalue weighted by molar-refractivity contribution is 0.134. The maximum atomic E-state index is 3.58. The van der Waals surface area contributed by atoms with Crippen LogP contribution in [0.4, 0.5) is 0 Å². The van der Waals surface area contributed by atoms with Crippen LogP contribution in [0.25, 0.3) is 0 Å². The Morgan fingerprint density at radius 1 is 1.28 bits per heavy atom. The van der Waals surface area contributed by atoms with Crippen molar-refractivity contribution < 1.29 is 0 Å². The summed E-state index contributed by atoms with van der Waals surface area (Å²) in [6.45, 7) is 10.7. The zero-order valence-electron chi connectivity index (χ0n) is 12.9. The van der Waals surface area contributed by atoms with Crippen molar-refractivity contribution in [3.63, 3.8) is 0 Å². The number of rotatable bonds is 8. The molecule has 3 heteroatoms. The zero-order valence-corrected chi connectivity index (χ0v) is 12.9. The molecule has 1 N–H and O–H groups in total. The first-order valence-electron chi connectivity index (χ1n) is 7.69. The van der Waals surface area contributed by atoms with Crippen LogP contribution in [0.5, 0.6) is 0 Å². The Morgan fingerprint density at radius 3 is 2.72 bits per heavy atom. The highest BCUT2D eigenvalue weighted by Crippen LogP contribution is 2.12. The topological polar surface area (TPSA) is 18.5 Å². The molecule has 0 aromatic carbocycles. The molecule has 108 valence electrons. The number of nitrogens with zero attached hydrogens (tertiary/aromatic N) is 2. The van der Waals surface area contributed by atoms with Gasteiger partial charge in [0.05, 0.1) is 0 Å². The molecule has 0 radical (unpaired) electrons. The van der Waals surface area contributed by atoms with Gasteiger partial charge in [0.15, 0.2) is 0 Å². The summed E-state index contributed by atoms with van der Waals surface area (Å²) in [4.78, 5) is 4.99. The second-order valence-electron chi connectivity index (χ2n) is 6.35. The van der Waals surface area contributed by atoms with Crippen LogP contribution in [-0.2, 0) is 0 Å². The molecule has 0 aliphatic carbocycles. The molecular formula is C15H33N3. The van der Waals surface area contributed by atoms with Gasteiger partial charge in [0.2, 0.25) is 0 Å². The first-order valence-corrected chi connectivity index (χ1v) is 7.69. The van der Waals surface area contributed by atoms with E-state index in [1.165, 1.54) is 51.9 Å². The fraction of sp³-hybridized carbons (Fsp3) is 1.00. The average Bonchev–Trinajstić information content (AvgIpc) is 2.33. The van der Waals surface area contributed by atoms with Gasteiger partial charge >= 0.3 is 0 Å². The molecule has 1 rings (SSSR count). The Hall–Kier alpha value is -0.120. The van der Waals surface area contributed by atoms with Gasteiger partial charge in [0, 0.05) is 25.7 Å². The first kappa shape index (κ1) is 15.9. The van der Waals surface area contributed by atoms with Crippen molar-refractivity contribution in [2.75, 3.05) is 46.8 Å². The molecule has 0 aromatic heterocycles. The normalized spacial score (nSPS) is 22.0. The van der Waals surface area contributed by atoms with Crippen LogP contribution in [0.15, 0.2) is 0 Å². The number of piperidine rings is 1. The summed E-state index contributed by atoms with van der Waals surface area (Å²) in [5, 5.41) is 3.58. The molecule has 0 spiro atoms. The van der Waals surface area contributed by atoms with Crippen molar-refractivity contribution in [2.24, 2.45) is 5.92 Å². The predicted octanol–water partition coefficient (Wildman–Crippen LogP) is 2.04.